The number of hydrogen-bond donors (Lipinski definition) is 2. The minimum atomic E-state index is -0.0569. The zero-order valence-electron chi connectivity index (χ0n) is 10.3. The van der Waals surface area contributed by atoms with Crippen LogP contribution in [0.3, 0.4) is 0 Å². The average molecular weight is 296 g/mol. The number of rotatable bonds is 2. The van der Waals surface area contributed by atoms with Crippen LogP contribution in [0.5, 0.6) is 0 Å². The highest BCUT2D eigenvalue weighted by Gasteiger charge is 2.23. The van der Waals surface area contributed by atoms with Crippen LogP contribution < -0.4 is 5.32 Å². The van der Waals surface area contributed by atoms with E-state index in [1.54, 1.807) is 0 Å². The molecule has 1 aliphatic rings. The van der Waals surface area contributed by atoms with Crippen molar-refractivity contribution in [1.82, 2.24) is 15.3 Å². The van der Waals surface area contributed by atoms with E-state index in [4.69, 9.17) is 11.6 Å². The summed E-state index contributed by atoms with van der Waals surface area (Å²) in [5, 5.41) is 4.34. The fourth-order valence-corrected chi connectivity index (χ4v) is 3.41. The van der Waals surface area contributed by atoms with Crippen molar-refractivity contribution in [3.05, 3.63) is 23.2 Å². The molecule has 3 rings (SSSR count). The van der Waals surface area contributed by atoms with Gasteiger partial charge < -0.3 is 10.3 Å². The molecule has 2 N–H and O–H groups in total. The van der Waals surface area contributed by atoms with Gasteiger partial charge in [-0.2, -0.15) is 0 Å². The average Bonchev–Trinajstić information content (AvgIpc) is 2.66. The van der Waals surface area contributed by atoms with Crippen molar-refractivity contribution in [2.75, 3.05) is 6.54 Å². The van der Waals surface area contributed by atoms with E-state index in [2.05, 4.69) is 15.3 Å². The number of nitrogens with zero attached hydrogens (tertiary/aromatic N) is 1. The molecule has 0 unspecified atom stereocenters. The number of halogens is 1. The third kappa shape index (κ3) is 2.87. The second-order valence-corrected chi connectivity index (χ2v) is 6.22. The van der Waals surface area contributed by atoms with Crippen LogP contribution in [0.15, 0.2) is 23.4 Å². The lowest BCUT2D eigenvalue weighted by atomic mass is 10.2. The van der Waals surface area contributed by atoms with E-state index in [9.17, 15) is 4.79 Å². The molecule has 2 heterocycles. The van der Waals surface area contributed by atoms with Crippen LogP contribution >= 0.6 is 23.4 Å². The molecule has 1 fully saturated rings. The third-order valence-corrected chi connectivity index (χ3v) is 4.55. The molecule has 4 nitrogen and oxygen atoms in total. The first-order valence-electron chi connectivity index (χ1n) is 6.32. The maximum absolute atomic E-state index is 11.9. The van der Waals surface area contributed by atoms with E-state index >= 15 is 0 Å². The second kappa shape index (κ2) is 5.43. The van der Waals surface area contributed by atoms with Crippen molar-refractivity contribution in [1.29, 1.82) is 0 Å². The number of thioether (sulfide) groups is 1. The van der Waals surface area contributed by atoms with Crippen LogP contribution in [0.25, 0.3) is 11.0 Å². The van der Waals surface area contributed by atoms with Gasteiger partial charge in [0.25, 0.3) is 0 Å². The fourth-order valence-electron chi connectivity index (χ4n) is 2.17. The van der Waals surface area contributed by atoms with Gasteiger partial charge in [0.15, 0.2) is 5.16 Å². The molecule has 19 heavy (non-hydrogen) atoms. The monoisotopic (exact) mass is 295 g/mol. The van der Waals surface area contributed by atoms with Crippen LogP contribution in [-0.2, 0) is 4.79 Å². The van der Waals surface area contributed by atoms with Crippen molar-refractivity contribution >= 4 is 40.3 Å². The van der Waals surface area contributed by atoms with Gasteiger partial charge in [-0.1, -0.05) is 29.8 Å². The largest absolute Gasteiger partial charge is 0.355 e. The van der Waals surface area contributed by atoms with Crippen molar-refractivity contribution in [2.45, 2.75) is 29.7 Å². The Morgan fingerprint density at radius 1 is 1.37 bits per heavy atom. The van der Waals surface area contributed by atoms with Crippen molar-refractivity contribution in [3.8, 4) is 0 Å². The molecule has 1 amide bonds. The number of carbonyl (C=O) groups is 1. The van der Waals surface area contributed by atoms with Gasteiger partial charge in [-0.3, -0.25) is 4.79 Å². The summed E-state index contributed by atoms with van der Waals surface area (Å²) in [4.78, 5) is 19.6. The predicted octanol–water partition coefficient (Wildman–Crippen LogP) is 2.98. The molecule has 1 aliphatic heterocycles. The first-order chi connectivity index (χ1) is 9.22. The van der Waals surface area contributed by atoms with Gasteiger partial charge >= 0.3 is 0 Å². The summed E-state index contributed by atoms with van der Waals surface area (Å²) < 4.78 is 0. The highest BCUT2D eigenvalue weighted by atomic mass is 35.5. The molecule has 0 aliphatic carbocycles. The Morgan fingerprint density at radius 3 is 3.16 bits per heavy atom. The molecule has 0 bridgehead atoms. The Morgan fingerprint density at radius 2 is 2.26 bits per heavy atom. The van der Waals surface area contributed by atoms with E-state index in [0.717, 1.165) is 42.0 Å². The number of benzene rings is 1. The SMILES string of the molecule is O=C1NCCCC[C@@H]1Sc1nc2ccc(Cl)cc2[nH]1. The molecule has 0 radical (unpaired) electrons. The summed E-state index contributed by atoms with van der Waals surface area (Å²) in [6.45, 7) is 0.783. The second-order valence-electron chi connectivity index (χ2n) is 4.60. The molecule has 1 atom stereocenters. The van der Waals surface area contributed by atoms with Gasteiger partial charge in [0.1, 0.15) is 0 Å². The van der Waals surface area contributed by atoms with Crippen molar-refractivity contribution in [3.63, 3.8) is 0 Å². The van der Waals surface area contributed by atoms with Crippen molar-refractivity contribution in [2.24, 2.45) is 0 Å². The highest BCUT2D eigenvalue weighted by Crippen LogP contribution is 2.28. The third-order valence-electron chi connectivity index (χ3n) is 3.16. The Labute approximate surface area is 120 Å². The van der Waals surface area contributed by atoms with E-state index < -0.39 is 0 Å². The van der Waals surface area contributed by atoms with Crippen LogP contribution in [0.1, 0.15) is 19.3 Å². The lowest BCUT2D eigenvalue weighted by Gasteiger charge is -2.09. The van der Waals surface area contributed by atoms with Gasteiger partial charge in [0, 0.05) is 11.6 Å². The first kappa shape index (κ1) is 12.8. The molecule has 2 aromatic rings. The molecule has 100 valence electrons. The van der Waals surface area contributed by atoms with Crippen LogP contribution in [0.4, 0.5) is 0 Å². The van der Waals surface area contributed by atoms with Gasteiger partial charge in [-0.15, -0.1) is 0 Å². The van der Waals surface area contributed by atoms with E-state index in [1.165, 1.54) is 11.8 Å². The van der Waals surface area contributed by atoms with E-state index in [-0.39, 0.29) is 11.2 Å². The molecule has 1 saturated heterocycles. The molecule has 6 heteroatoms. The quantitative estimate of drug-likeness (QED) is 0.895. The highest BCUT2D eigenvalue weighted by molar-refractivity contribution is 8.00. The molecule has 0 saturated carbocycles. The summed E-state index contributed by atoms with van der Waals surface area (Å²) in [6, 6.07) is 5.55. The number of amides is 1. The molecule has 1 aromatic carbocycles. The first-order valence-corrected chi connectivity index (χ1v) is 7.58. The van der Waals surface area contributed by atoms with Gasteiger partial charge in [0.05, 0.1) is 16.3 Å². The number of H-pyrrole nitrogens is 1. The summed E-state index contributed by atoms with van der Waals surface area (Å²) in [5.41, 5.74) is 1.78. The van der Waals surface area contributed by atoms with Crippen LogP contribution in [0, 0.1) is 0 Å². The maximum Gasteiger partial charge on any atom is 0.233 e. The van der Waals surface area contributed by atoms with Crippen LogP contribution in [-0.4, -0.2) is 27.7 Å². The normalized spacial score (nSPS) is 20.3. The lowest BCUT2D eigenvalue weighted by Crippen LogP contribution is -2.30. The van der Waals surface area contributed by atoms with Crippen molar-refractivity contribution < 1.29 is 4.79 Å². The predicted molar refractivity (Wildman–Crippen MR) is 77.6 cm³/mol. The number of imidazole rings is 1. The molecule has 1 aromatic heterocycles. The minimum Gasteiger partial charge on any atom is -0.355 e. The lowest BCUT2D eigenvalue weighted by molar-refractivity contribution is -0.120. The standard InChI is InChI=1S/C13H14ClN3OS/c14-8-4-5-9-10(7-8)17-13(16-9)19-11-3-1-2-6-15-12(11)18/h4-5,7,11H,1-3,6H2,(H,15,18)(H,16,17)/t11-/m0/s1. The Hall–Kier alpha value is -1.20. The fraction of sp³-hybridized carbons (Fsp3) is 0.385. The molecule has 0 spiro atoms. The number of carbonyl (C=O) groups excluding carboxylic acids is 1. The number of aromatic amines is 1. The summed E-state index contributed by atoms with van der Waals surface area (Å²) >= 11 is 7.44. The summed E-state index contributed by atoms with van der Waals surface area (Å²) in [7, 11) is 0. The minimum absolute atomic E-state index is 0.0569. The zero-order valence-corrected chi connectivity index (χ0v) is 11.9. The number of hydrogen-bond acceptors (Lipinski definition) is 3. The number of fused-ring (bicyclic) bond motifs is 1. The zero-order chi connectivity index (χ0) is 13.2. The van der Waals surface area contributed by atoms with Gasteiger partial charge in [-0.25, -0.2) is 4.98 Å². The van der Waals surface area contributed by atoms with E-state index in [1.807, 2.05) is 18.2 Å². The smallest absolute Gasteiger partial charge is 0.233 e. The summed E-state index contributed by atoms with van der Waals surface area (Å²) in [6.07, 6.45) is 3.02. The number of aromatic nitrogens is 2. The number of nitrogens with one attached hydrogen (secondary N) is 2. The molecular formula is C13H14ClN3OS. The van der Waals surface area contributed by atoms with E-state index in [0.29, 0.717) is 5.02 Å². The topological polar surface area (TPSA) is 57.8 Å². The Bertz CT molecular complexity index is 613. The maximum atomic E-state index is 11.9. The van der Waals surface area contributed by atoms with Gasteiger partial charge in [0.2, 0.25) is 5.91 Å². The Balaban J connectivity index is 1.82. The van der Waals surface area contributed by atoms with Crippen LogP contribution in [0.2, 0.25) is 5.02 Å². The molecular weight excluding hydrogens is 282 g/mol. The van der Waals surface area contributed by atoms with Gasteiger partial charge in [-0.05, 0) is 31.0 Å². The Kier molecular flexibility index (Phi) is 3.66. The summed E-state index contributed by atoms with van der Waals surface area (Å²) in [5.74, 6) is 0.112.